The topological polar surface area (TPSA) is 59.3 Å². The number of rotatable bonds is 5. The molecule has 0 unspecified atom stereocenters. The average molecular weight is 281 g/mol. The summed E-state index contributed by atoms with van der Waals surface area (Å²) in [5.74, 6) is 1.31. The van der Waals surface area contributed by atoms with Crippen molar-refractivity contribution in [3.63, 3.8) is 0 Å². The van der Waals surface area contributed by atoms with E-state index >= 15 is 0 Å². The van der Waals surface area contributed by atoms with Gasteiger partial charge in [-0.2, -0.15) is 5.26 Å². The summed E-state index contributed by atoms with van der Waals surface area (Å²) >= 11 is 0. The molecule has 0 bridgehead atoms. The fourth-order valence-corrected chi connectivity index (χ4v) is 1.97. The summed E-state index contributed by atoms with van der Waals surface area (Å²) in [5, 5.41) is 8.92. The molecule has 4 heteroatoms. The van der Waals surface area contributed by atoms with E-state index in [9.17, 15) is 4.79 Å². The normalized spacial score (nSPS) is 9.76. The molecule has 0 N–H and O–H groups in total. The van der Waals surface area contributed by atoms with Crippen LogP contribution in [0.5, 0.6) is 11.5 Å². The predicted molar refractivity (Wildman–Crippen MR) is 78.6 cm³/mol. The maximum Gasteiger partial charge on any atom is 0.150 e. The zero-order chi connectivity index (χ0) is 15.2. The van der Waals surface area contributed by atoms with Gasteiger partial charge < -0.3 is 9.47 Å². The highest BCUT2D eigenvalue weighted by Crippen LogP contribution is 2.24. The maximum atomic E-state index is 10.9. The lowest BCUT2D eigenvalue weighted by atomic mass is 10.1. The van der Waals surface area contributed by atoms with E-state index in [0.29, 0.717) is 22.6 Å². The maximum absolute atomic E-state index is 10.9. The van der Waals surface area contributed by atoms with E-state index in [2.05, 4.69) is 6.07 Å². The third kappa shape index (κ3) is 3.40. The summed E-state index contributed by atoms with van der Waals surface area (Å²) in [6, 6.07) is 12.5. The second-order valence-corrected chi connectivity index (χ2v) is 4.57. The van der Waals surface area contributed by atoms with Crippen molar-refractivity contribution in [3.8, 4) is 17.6 Å². The van der Waals surface area contributed by atoms with Gasteiger partial charge in [-0.25, -0.2) is 0 Å². The molecule has 0 saturated carbocycles. The first-order valence-electron chi connectivity index (χ1n) is 6.43. The van der Waals surface area contributed by atoms with Crippen LogP contribution in [0.25, 0.3) is 0 Å². The number of nitrogens with zero attached hydrogens (tertiary/aromatic N) is 1. The smallest absolute Gasteiger partial charge is 0.150 e. The number of aryl methyl sites for hydroxylation is 1. The van der Waals surface area contributed by atoms with Crippen molar-refractivity contribution in [2.45, 2.75) is 13.5 Å². The van der Waals surface area contributed by atoms with Gasteiger partial charge in [0.2, 0.25) is 0 Å². The van der Waals surface area contributed by atoms with Crippen molar-refractivity contribution >= 4 is 6.29 Å². The molecule has 0 aromatic heterocycles. The molecule has 0 radical (unpaired) electrons. The van der Waals surface area contributed by atoms with Gasteiger partial charge in [-0.1, -0.05) is 6.07 Å². The minimum Gasteiger partial charge on any atom is -0.496 e. The standard InChI is InChI=1S/C17H15NO3/c1-12-3-4-13(9-18)8-17(12)21-11-15-7-14(10-19)5-6-16(15)20-2/h3-8,10H,11H2,1-2H3. The van der Waals surface area contributed by atoms with Gasteiger partial charge in [0.05, 0.1) is 18.7 Å². The second kappa shape index (κ2) is 6.58. The molecule has 0 amide bonds. The molecule has 0 aliphatic rings. The molecule has 106 valence electrons. The largest absolute Gasteiger partial charge is 0.496 e. The highest BCUT2D eigenvalue weighted by Gasteiger charge is 2.07. The monoisotopic (exact) mass is 281 g/mol. The lowest BCUT2D eigenvalue weighted by Crippen LogP contribution is -2.01. The van der Waals surface area contributed by atoms with Crippen LogP contribution in [-0.4, -0.2) is 13.4 Å². The first kappa shape index (κ1) is 14.6. The third-order valence-corrected chi connectivity index (χ3v) is 3.14. The van der Waals surface area contributed by atoms with Crippen LogP contribution >= 0.6 is 0 Å². The van der Waals surface area contributed by atoms with Crippen LogP contribution in [-0.2, 0) is 6.61 Å². The Hall–Kier alpha value is -2.80. The van der Waals surface area contributed by atoms with Gasteiger partial charge >= 0.3 is 0 Å². The van der Waals surface area contributed by atoms with Gasteiger partial charge in [0, 0.05) is 11.1 Å². The molecule has 4 nitrogen and oxygen atoms in total. The Morgan fingerprint density at radius 2 is 2.00 bits per heavy atom. The number of ether oxygens (including phenoxy) is 2. The van der Waals surface area contributed by atoms with Crippen molar-refractivity contribution < 1.29 is 14.3 Å². The molecule has 0 fully saturated rings. The van der Waals surface area contributed by atoms with Crippen LogP contribution < -0.4 is 9.47 Å². The van der Waals surface area contributed by atoms with Crippen LogP contribution in [0.4, 0.5) is 0 Å². The molecular formula is C17H15NO3. The van der Waals surface area contributed by atoms with Crippen molar-refractivity contribution in [1.82, 2.24) is 0 Å². The van der Waals surface area contributed by atoms with E-state index < -0.39 is 0 Å². The fourth-order valence-electron chi connectivity index (χ4n) is 1.97. The summed E-state index contributed by atoms with van der Waals surface area (Å²) in [4.78, 5) is 10.9. The van der Waals surface area contributed by atoms with Crippen LogP contribution in [0, 0.1) is 18.3 Å². The summed E-state index contributed by atoms with van der Waals surface area (Å²) < 4.78 is 11.0. The molecule has 0 aliphatic heterocycles. The highest BCUT2D eigenvalue weighted by atomic mass is 16.5. The number of nitriles is 1. The van der Waals surface area contributed by atoms with Crippen LogP contribution in [0.1, 0.15) is 27.0 Å². The van der Waals surface area contributed by atoms with E-state index in [4.69, 9.17) is 14.7 Å². The molecule has 2 rings (SSSR count). The molecule has 21 heavy (non-hydrogen) atoms. The Bertz CT molecular complexity index is 702. The van der Waals surface area contributed by atoms with E-state index in [1.54, 1.807) is 37.4 Å². The predicted octanol–water partition coefficient (Wildman–Crippen LogP) is 3.27. The lowest BCUT2D eigenvalue weighted by Gasteiger charge is -2.12. The molecule has 0 spiro atoms. The average Bonchev–Trinajstić information content (AvgIpc) is 2.53. The van der Waals surface area contributed by atoms with Crippen LogP contribution in [0.15, 0.2) is 36.4 Å². The number of hydrogen-bond donors (Lipinski definition) is 0. The molecular weight excluding hydrogens is 266 g/mol. The molecule has 0 saturated heterocycles. The van der Waals surface area contributed by atoms with E-state index in [1.807, 2.05) is 13.0 Å². The van der Waals surface area contributed by atoms with E-state index in [0.717, 1.165) is 17.4 Å². The van der Waals surface area contributed by atoms with Gasteiger partial charge in [-0.05, 0) is 42.8 Å². The summed E-state index contributed by atoms with van der Waals surface area (Å²) in [6.07, 6.45) is 0.782. The number of aldehydes is 1. The van der Waals surface area contributed by atoms with Gasteiger partial charge in [-0.15, -0.1) is 0 Å². The second-order valence-electron chi connectivity index (χ2n) is 4.57. The van der Waals surface area contributed by atoms with Crippen molar-refractivity contribution in [1.29, 1.82) is 5.26 Å². The number of carbonyl (C=O) groups is 1. The zero-order valence-electron chi connectivity index (χ0n) is 11.9. The van der Waals surface area contributed by atoms with E-state index in [1.165, 1.54) is 0 Å². The van der Waals surface area contributed by atoms with E-state index in [-0.39, 0.29) is 6.61 Å². The Morgan fingerprint density at radius 3 is 2.67 bits per heavy atom. The highest BCUT2D eigenvalue weighted by molar-refractivity contribution is 5.75. The van der Waals surface area contributed by atoms with Gasteiger partial charge in [0.25, 0.3) is 0 Å². The Kier molecular flexibility index (Phi) is 4.57. The minimum atomic E-state index is 0.264. The number of benzene rings is 2. The molecule has 0 aliphatic carbocycles. The number of methoxy groups -OCH3 is 1. The van der Waals surface area contributed by atoms with Crippen LogP contribution in [0.2, 0.25) is 0 Å². The molecule has 0 atom stereocenters. The number of hydrogen-bond acceptors (Lipinski definition) is 4. The Labute approximate surface area is 123 Å². The van der Waals surface area contributed by atoms with Crippen LogP contribution in [0.3, 0.4) is 0 Å². The van der Waals surface area contributed by atoms with Gasteiger partial charge in [0.15, 0.2) is 0 Å². The molecule has 2 aromatic rings. The minimum absolute atomic E-state index is 0.264. The summed E-state index contributed by atoms with van der Waals surface area (Å²) in [7, 11) is 1.57. The Morgan fingerprint density at radius 1 is 1.19 bits per heavy atom. The first-order valence-corrected chi connectivity index (χ1v) is 6.43. The molecule has 0 heterocycles. The van der Waals surface area contributed by atoms with Crippen molar-refractivity contribution in [2.24, 2.45) is 0 Å². The zero-order valence-corrected chi connectivity index (χ0v) is 11.9. The van der Waals surface area contributed by atoms with Gasteiger partial charge in [-0.3, -0.25) is 4.79 Å². The lowest BCUT2D eigenvalue weighted by molar-refractivity contribution is 0.112. The third-order valence-electron chi connectivity index (χ3n) is 3.14. The fraction of sp³-hybridized carbons (Fsp3) is 0.176. The first-order chi connectivity index (χ1) is 10.2. The van der Waals surface area contributed by atoms with Crippen molar-refractivity contribution in [3.05, 3.63) is 58.7 Å². The molecule has 2 aromatic carbocycles. The Balaban J connectivity index is 2.23. The summed E-state index contributed by atoms with van der Waals surface area (Å²) in [5.41, 5.74) is 2.84. The SMILES string of the molecule is COc1ccc(C=O)cc1COc1cc(C#N)ccc1C. The summed E-state index contributed by atoms with van der Waals surface area (Å²) in [6.45, 7) is 2.18. The van der Waals surface area contributed by atoms with Gasteiger partial charge in [0.1, 0.15) is 24.4 Å². The number of carbonyl (C=O) groups excluding carboxylic acids is 1. The van der Waals surface area contributed by atoms with Crippen molar-refractivity contribution in [2.75, 3.05) is 7.11 Å². The quantitative estimate of drug-likeness (QED) is 0.789.